The molecule has 0 aliphatic heterocycles. The van der Waals surface area contributed by atoms with Gasteiger partial charge in [0.15, 0.2) is 0 Å². The fraction of sp³-hybridized carbons (Fsp3) is 0.583. The van der Waals surface area contributed by atoms with Crippen molar-refractivity contribution in [2.24, 2.45) is 0 Å². The van der Waals surface area contributed by atoms with Gasteiger partial charge in [-0.2, -0.15) is 0 Å². The van der Waals surface area contributed by atoms with Crippen LogP contribution in [0.1, 0.15) is 26.7 Å². The summed E-state index contributed by atoms with van der Waals surface area (Å²) >= 11 is 0. The summed E-state index contributed by atoms with van der Waals surface area (Å²) in [6.07, 6.45) is 4.13. The second-order valence-electron chi connectivity index (χ2n) is 4.03. The Morgan fingerprint density at radius 1 is 1.38 bits per heavy atom. The minimum atomic E-state index is 0.326. The molecule has 1 aromatic rings. The maximum absolute atomic E-state index is 5.54. The van der Waals surface area contributed by atoms with Crippen molar-refractivity contribution in [1.29, 1.82) is 0 Å². The Morgan fingerprint density at radius 2 is 2.19 bits per heavy atom. The van der Waals surface area contributed by atoms with Gasteiger partial charge in [-0.25, -0.2) is 4.98 Å². The third-order valence-electron chi connectivity index (χ3n) is 2.11. The number of hydrogen-bond donors (Lipinski definition) is 2. The minimum absolute atomic E-state index is 0.326. The molecule has 1 rings (SSSR count). The average Bonchev–Trinajstić information content (AvgIpc) is 2.25. The first-order valence-electron chi connectivity index (χ1n) is 5.75. The van der Waals surface area contributed by atoms with Crippen molar-refractivity contribution < 1.29 is 4.74 Å². The standard InChI is InChI=1S/C12H21N3O/c1-10(2)16-8-4-3-7-14-12-6-5-11(13)9-15-12/h5-6,9-10H,3-4,7-8,13H2,1-2H3,(H,14,15). The second-order valence-corrected chi connectivity index (χ2v) is 4.03. The zero-order chi connectivity index (χ0) is 11.8. The van der Waals surface area contributed by atoms with Crippen LogP contribution in [0, 0.1) is 0 Å². The first kappa shape index (κ1) is 12.8. The van der Waals surface area contributed by atoms with Crippen LogP contribution in [0.5, 0.6) is 0 Å². The molecule has 0 unspecified atom stereocenters. The Labute approximate surface area is 97.2 Å². The van der Waals surface area contributed by atoms with Gasteiger partial charge in [0.25, 0.3) is 0 Å². The number of nitrogens with zero attached hydrogens (tertiary/aromatic N) is 1. The van der Waals surface area contributed by atoms with Gasteiger partial charge in [-0.05, 0) is 38.8 Å². The topological polar surface area (TPSA) is 60.2 Å². The Balaban J connectivity index is 2.05. The molecule has 0 bridgehead atoms. The lowest BCUT2D eigenvalue weighted by molar-refractivity contribution is 0.0765. The first-order valence-corrected chi connectivity index (χ1v) is 5.75. The van der Waals surface area contributed by atoms with Crippen molar-refractivity contribution in [2.45, 2.75) is 32.8 Å². The van der Waals surface area contributed by atoms with Gasteiger partial charge in [-0.1, -0.05) is 0 Å². The summed E-state index contributed by atoms with van der Waals surface area (Å²) in [7, 11) is 0. The molecule has 0 aliphatic carbocycles. The molecule has 1 heterocycles. The Morgan fingerprint density at radius 3 is 2.81 bits per heavy atom. The van der Waals surface area contributed by atoms with Crippen LogP contribution in [-0.4, -0.2) is 24.2 Å². The maximum atomic E-state index is 5.54. The monoisotopic (exact) mass is 223 g/mol. The molecule has 0 atom stereocenters. The van der Waals surface area contributed by atoms with Crippen LogP contribution in [0.25, 0.3) is 0 Å². The quantitative estimate of drug-likeness (QED) is 0.696. The molecule has 4 nitrogen and oxygen atoms in total. The molecule has 0 amide bonds. The fourth-order valence-electron chi connectivity index (χ4n) is 1.27. The molecule has 1 aromatic heterocycles. The number of nitrogen functional groups attached to an aromatic ring is 1. The molecule has 90 valence electrons. The summed E-state index contributed by atoms with van der Waals surface area (Å²) in [4.78, 5) is 4.16. The third-order valence-corrected chi connectivity index (χ3v) is 2.11. The lowest BCUT2D eigenvalue weighted by Gasteiger charge is -2.08. The van der Waals surface area contributed by atoms with E-state index in [1.165, 1.54) is 0 Å². The van der Waals surface area contributed by atoms with Crippen molar-refractivity contribution in [3.8, 4) is 0 Å². The Kier molecular flexibility index (Phi) is 5.64. The summed E-state index contributed by atoms with van der Waals surface area (Å²) < 4.78 is 5.45. The van der Waals surface area contributed by atoms with Crippen molar-refractivity contribution >= 4 is 11.5 Å². The number of anilines is 2. The number of nitrogens with one attached hydrogen (secondary N) is 1. The van der Waals surface area contributed by atoms with Gasteiger partial charge in [0.1, 0.15) is 5.82 Å². The highest BCUT2D eigenvalue weighted by atomic mass is 16.5. The highest BCUT2D eigenvalue weighted by Gasteiger charge is 1.95. The van der Waals surface area contributed by atoms with Crippen LogP contribution in [0.4, 0.5) is 11.5 Å². The molecule has 0 spiro atoms. The summed E-state index contributed by atoms with van der Waals surface area (Å²) in [6, 6.07) is 3.73. The zero-order valence-corrected chi connectivity index (χ0v) is 10.1. The molecule has 0 saturated carbocycles. The molecule has 0 aliphatic rings. The van der Waals surface area contributed by atoms with Crippen molar-refractivity contribution in [3.63, 3.8) is 0 Å². The van der Waals surface area contributed by atoms with Gasteiger partial charge in [0.2, 0.25) is 0 Å². The van der Waals surface area contributed by atoms with Gasteiger partial charge >= 0.3 is 0 Å². The molecule has 0 radical (unpaired) electrons. The van der Waals surface area contributed by atoms with E-state index in [0.29, 0.717) is 11.8 Å². The van der Waals surface area contributed by atoms with Crippen LogP contribution >= 0.6 is 0 Å². The summed E-state index contributed by atoms with van der Waals surface area (Å²) in [5.74, 6) is 0.874. The van der Waals surface area contributed by atoms with Crippen LogP contribution in [0.3, 0.4) is 0 Å². The molecule has 3 N–H and O–H groups in total. The molecule has 0 saturated heterocycles. The summed E-state index contributed by atoms with van der Waals surface area (Å²) in [6.45, 7) is 5.85. The first-order chi connectivity index (χ1) is 7.68. The van der Waals surface area contributed by atoms with E-state index in [0.717, 1.165) is 31.8 Å². The van der Waals surface area contributed by atoms with Gasteiger partial charge in [-0.3, -0.25) is 0 Å². The smallest absolute Gasteiger partial charge is 0.126 e. The molecule has 0 fully saturated rings. The van der Waals surface area contributed by atoms with Crippen LogP contribution in [0.2, 0.25) is 0 Å². The third kappa shape index (κ3) is 5.56. The van der Waals surface area contributed by atoms with Gasteiger partial charge < -0.3 is 15.8 Å². The molecule has 0 aromatic carbocycles. The lowest BCUT2D eigenvalue weighted by Crippen LogP contribution is -2.07. The summed E-state index contributed by atoms with van der Waals surface area (Å²) in [5, 5.41) is 3.24. The molecular formula is C12H21N3O. The van der Waals surface area contributed by atoms with E-state index < -0.39 is 0 Å². The van der Waals surface area contributed by atoms with E-state index in [1.807, 2.05) is 12.1 Å². The van der Waals surface area contributed by atoms with Gasteiger partial charge in [0, 0.05) is 13.2 Å². The van der Waals surface area contributed by atoms with E-state index in [9.17, 15) is 0 Å². The molecular weight excluding hydrogens is 202 g/mol. The number of unbranched alkanes of at least 4 members (excludes halogenated alkanes) is 1. The zero-order valence-electron chi connectivity index (χ0n) is 10.1. The number of nitrogens with two attached hydrogens (primary N) is 1. The van der Waals surface area contributed by atoms with E-state index in [-0.39, 0.29) is 0 Å². The predicted molar refractivity (Wildman–Crippen MR) is 67.5 cm³/mol. The normalized spacial score (nSPS) is 10.7. The van der Waals surface area contributed by atoms with Crippen LogP contribution in [0.15, 0.2) is 18.3 Å². The minimum Gasteiger partial charge on any atom is -0.397 e. The SMILES string of the molecule is CC(C)OCCCCNc1ccc(N)cn1. The van der Waals surface area contributed by atoms with E-state index in [4.69, 9.17) is 10.5 Å². The fourth-order valence-corrected chi connectivity index (χ4v) is 1.27. The van der Waals surface area contributed by atoms with Gasteiger partial charge in [0.05, 0.1) is 18.0 Å². The van der Waals surface area contributed by atoms with Crippen molar-refractivity contribution in [1.82, 2.24) is 4.98 Å². The molecule has 16 heavy (non-hydrogen) atoms. The number of ether oxygens (including phenoxy) is 1. The van der Waals surface area contributed by atoms with Crippen molar-refractivity contribution in [3.05, 3.63) is 18.3 Å². The van der Waals surface area contributed by atoms with Crippen LogP contribution in [-0.2, 0) is 4.74 Å². The second kappa shape index (κ2) is 7.06. The molecule has 4 heteroatoms. The van der Waals surface area contributed by atoms with Gasteiger partial charge in [-0.15, -0.1) is 0 Å². The highest BCUT2D eigenvalue weighted by Crippen LogP contribution is 2.05. The average molecular weight is 223 g/mol. The van der Waals surface area contributed by atoms with E-state index in [1.54, 1.807) is 6.20 Å². The summed E-state index contributed by atoms with van der Waals surface area (Å²) in [5.41, 5.74) is 6.23. The predicted octanol–water partition coefficient (Wildman–Crippen LogP) is 2.28. The number of hydrogen-bond acceptors (Lipinski definition) is 4. The van der Waals surface area contributed by atoms with Crippen molar-refractivity contribution in [2.75, 3.05) is 24.2 Å². The van der Waals surface area contributed by atoms with E-state index >= 15 is 0 Å². The number of rotatable bonds is 7. The Hall–Kier alpha value is -1.29. The number of aromatic nitrogens is 1. The van der Waals surface area contributed by atoms with Crippen LogP contribution < -0.4 is 11.1 Å². The lowest BCUT2D eigenvalue weighted by atomic mass is 10.3. The Bertz CT molecular complexity index is 285. The largest absolute Gasteiger partial charge is 0.397 e. The van der Waals surface area contributed by atoms with E-state index in [2.05, 4.69) is 24.1 Å². The maximum Gasteiger partial charge on any atom is 0.126 e. The number of pyridine rings is 1. The highest BCUT2D eigenvalue weighted by molar-refractivity contribution is 5.43.